The molecule has 0 unspecified atom stereocenters. The number of aromatic nitrogens is 4. The van der Waals surface area contributed by atoms with Gasteiger partial charge in [0.15, 0.2) is 0 Å². The van der Waals surface area contributed by atoms with Gasteiger partial charge < -0.3 is 9.09 Å². The number of benzene rings is 2. The van der Waals surface area contributed by atoms with Gasteiger partial charge in [0.2, 0.25) is 21.7 Å². The number of imidazole rings is 1. The zero-order chi connectivity index (χ0) is 19.9. The smallest absolute Gasteiger partial charge is 0.244 e. The third-order valence-corrected chi connectivity index (χ3v) is 6.02. The third-order valence-electron chi connectivity index (χ3n) is 4.46. The molecule has 4 rings (SSSR count). The summed E-state index contributed by atoms with van der Waals surface area (Å²) < 4.78 is 34.9. The Kier molecular flexibility index (Phi) is 4.48. The van der Waals surface area contributed by atoms with E-state index in [1.165, 1.54) is 0 Å². The Morgan fingerprint density at radius 1 is 1.14 bits per heavy atom. The molecule has 0 spiro atoms. The summed E-state index contributed by atoms with van der Waals surface area (Å²) in [5, 5.41) is 3.98. The lowest BCUT2D eigenvalue weighted by Crippen LogP contribution is -2.27. The second-order valence-electron chi connectivity index (χ2n) is 6.67. The molecule has 0 aliphatic carbocycles. The topological polar surface area (TPSA) is 103 Å². The maximum absolute atomic E-state index is 12.5. The zero-order valence-corrected chi connectivity index (χ0v) is 16.4. The van der Waals surface area contributed by atoms with Gasteiger partial charge in [-0.05, 0) is 44.2 Å². The van der Waals surface area contributed by atoms with E-state index in [0.717, 1.165) is 22.2 Å². The Labute approximate surface area is 162 Å². The highest BCUT2D eigenvalue weighted by Gasteiger charge is 2.22. The largest absolute Gasteiger partial charge is 0.337 e. The van der Waals surface area contributed by atoms with E-state index in [9.17, 15) is 8.42 Å². The molecule has 0 saturated carbocycles. The Balaban J connectivity index is 1.56. The number of fused-ring (bicyclic) bond motifs is 1. The lowest BCUT2D eigenvalue weighted by molar-refractivity contribution is 0.354. The Morgan fingerprint density at radius 2 is 1.89 bits per heavy atom. The monoisotopic (exact) mass is 397 g/mol. The Bertz CT molecular complexity index is 1240. The molecule has 0 aliphatic rings. The van der Waals surface area contributed by atoms with Crippen molar-refractivity contribution in [2.24, 2.45) is 7.05 Å². The molecule has 0 radical (unpaired) electrons. The van der Waals surface area contributed by atoms with Gasteiger partial charge in [-0.25, -0.2) is 13.4 Å². The first-order chi connectivity index (χ1) is 13.3. The van der Waals surface area contributed by atoms with Crippen LogP contribution in [0.2, 0.25) is 0 Å². The minimum absolute atomic E-state index is 0.185. The van der Waals surface area contributed by atoms with Crippen molar-refractivity contribution in [2.45, 2.75) is 24.8 Å². The fourth-order valence-corrected chi connectivity index (χ4v) is 4.07. The van der Waals surface area contributed by atoms with Crippen molar-refractivity contribution in [3.8, 4) is 11.4 Å². The molecule has 8 nitrogen and oxygen atoms in total. The predicted octanol–water partition coefficient (Wildman–Crippen LogP) is 2.97. The molecule has 2 aromatic heterocycles. The normalized spacial score (nSPS) is 13.1. The Hall–Kier alpha value is -3.04. The summed E-state index contributed by atoms with van der Waals surface area (Å²) in [4.78, 5) is 8.85. The lowest BCUT2D eigenvalue weighted by atomic mass is 10.2. The lowest BCUT2D eigenvalue weighted by Gasteiger charge is -2.10. The summed E-state index contributed by atoms with van der Waals surface area (Å²) >= 11 is 0. The molecule has 2 aromatic carbocycles. The summed E-state index contributed by atoms with van der Waals surface area (Å²) in [7, 11) is -1.78. The van der Waals surface area contributed by atoms with Gasteiger partial charge in [0.05, 0.1) is 28.3 Å². The molecule has 1 atom stereocenters. The fraction of sp³-hybridized carbons (Fsp3) is 0.211. The van der Waals surface area contributed by atoms with Gasteiger partial charge >= 0.3 is 0 Å². The number of aryl methyl sites for hydroxylation is 2. The van der Waals surface area contributed by atoms with Gasteiger partial charge in [0, 0.05) is 12.6 Å². The van der Waals surface area contributed by atoms with Crippen molar-refractivity contribution in [3.63, 3.8) is 0 Å². The van der Waals surface area contributed by atoms with Crippen LogP contribution in [0.5, 0.6) is 0 Å². The summed E-state index contributed by atoms with van der Waals surface area (Å²) in [6.45, 7) is 3.56. The van der Waals surface area contributed by atoms with Crippen LogP contribution < -0.4 is 4.72 Å². The van der Waals surface area contributed by atoms with Gasteiger partial charge in [0.25, 0.3) is 0 Å². The van der Waals surface area contributed by atoms with Gasteiger partial charge in [0.1, 0.15) is 0 Å². The Morgan fingerprint density at radius 3 is 2.64 bits per heavy atom. The fourth-order valence-electron chi connectivity index (χ4n) is 2.87. The van der Waals surface area contributed by atoms with Gasteiger partial charge in [-0.1, -0.05) is 22.9 Å². The van der Waals surface area contributed by atoms with Gasteiger partial charge in [-0.2, -0.15) is 9.71 Å². The van der Waals surface area contributed by atoms with Crippen molar-refractivity contribution >= 4 is 21.1 Å². The number of hydrogen-bond acceptors (Lipinski definition) is 6. The number of nitrogens with zero attached hydrogens (tertiary/aromatic N) is 4. The van der Waals surface area contributed by atoms with E-state index in [2.05, 4.69) is 19.8 Å². The van der Waals surface area contributed by atoms with Gasteiger partial charge in [-0.3, -0.25) is 0 Å². The first-order valence-corrected chi connectivity index (χ1v) is 10.2. The predicted molar refractivity (Wildman–Crippen MR) is 104 cm³/mol. The van der Waals surface area contributed by atoms with Crippen molar-refractivity contribution in [1.29, 1.82) is 0 Å². The number of sulfonamides is 1. The molecule has 0 aliphatic heterocycles. The highest BCUT2D eigenvalue weighted by Crippen LogP contribution is 2.23. The van der Waals surface area contributed by atoms with Crippen LogP contribution in [0.25, 0.3) is 22.4 Å². The van der Waals surface area contributed by atoms with Crippen LogP contribution in [0.4, 0.5) is 0 Å². The molecular weight excluding hydrogens is 378 g/mol. The standard InChI is InChI=1S/C19H19N5O3S/c1-12-4-7-15(8-5-12)28(25,26)23-13(2)19-21-18(22-27-19)14-6-9-17-16(10-14)20-11-24(17)3/h4-11,13,23H,1-3H3/t13-/m0/s1. The molecule has 4 aromatic rings. The first kappa shape index (κ1) is 18.3. The summed E-state index contributed by atoms with van der Waals surface area (Å²) in [5.74, 6) is 0.566. The average molecular weight is 397 g/mol. The minimum Gasteiger partial charge on any atom is -0.337 e. The quantitative estimate of drug-likeness (QED) is 0.555. The van der Waals surface area contributed by atoms with E-state index in [1.807, 2.05) is 36.7 Å². The molecule has 0 saturated heterocycles. The van der Waals surface area contributed by atoms with E-state index in [-0.39, 0.29) is 10.8 Å². The molecule has 28 heavy (non-hydrogen) atoms. The molecule has 9 heteroatoms. The maximum atomic E-state index is 12.5. The van der Waals surface area contributed by atoms with Crippen LogP contribution in [-0.4, -0.2) is 28.1 Å². The maximum Gasteiger partial charge on any atom is 0.244 e. The van der Waals surface area contributed by atoms with E-state index < -0.39 is 16.1 Å². The summed E-state index contributed by atoms with van der Waals surface area (Å²) in [6, 6.07) is 11.6. The summed E-state index contributed by atoms with van der Waals surface area (Å²) in [6.07, 6.45) is 1.73. The van der Waals surface area contributed by atoms with E-state index in [0.29, 0.717) is 5.82 Å². The van der Waals surface area contributed by atoms with Crippen LogP contribution in [0, 0.1) is 6.92 Å². The number of hydrogen-bond donors (Lipinski definition) is 1. The van der Waals surface area contributed by atoms with Crippen LogP contribution in [-0.2, 0) is 17.1 Å². The second kappa shape index (κ2) is 6.84. The van der Waals surface area contributed by atoms with E-state index in [4.69, 9.17) is 4.52 Å². The van der Waals surface area contributed by atoms with Crippen molar-refractivity contribution in [3.05, 3.63) is 60.2 Å². The summed E-state index contributed by atoms with van der Waals surface area (Å²) in [5.41, 5.74) is 3.54. The van der Waals surface area contributed by atoms with Crippen molar-refractivity contribution in [1.82, 2.24) is 24.4 Å². The molecular formula is C19H19N5O3S. The van der Waals surface area contributed by atoms with Crippen LogP contribution in [0.15, 0.2) is 58.2 Å². The molecule has 144 valence electrons. The SMILES string of the molecule is Cc1ccc(S(=O)(=O)N[C@@H](C)c2nc(-c3ccc4c(c3)ncn4C)no2)cc1. The third kappa shape index (κ3) is 3.41. The molecule has 0 bridgehead atoms. The molecule has 2 heterocycles. The molecule has 0 amide bonds. The number of nitrogens with one attached hydrogen (secondary N) is 1. The van der Waals surface area contributed by atoms with Crippen LogP contribution >= 0.6 is 0 Å². The second-order valence-corrected chi connectivity index (χ2v) is 8.39. The molecule has 0 fully saturated rings. The van der Waals surface area contributed by atoms with Crippen LogP contribution in [0.3, 0.4) is 0 Å². The zero-order valence-electron chi connectivity index (χ0n) is 15.6. The van der Waals surface area contributed by atoms with Gasteiger partial charge in [-0.15, -0.1) is 0 Å². The van der Waals surface area contributed by atoms with Crippen molar-refractivity contribution in [2.75, 3.05) is 0 Å². The highest BCUT2D eigenvalue weighted by molar-refractivity contribution is 7.89. The average Bonchev–Trinajstić information content (AvgIpc) is 3.29. The van der Waals surface area contributed by atoms with E-state index in [1.54, 1.807) is 37.5 Å². The van der Waals surface area contributed by atoms with Crippen LogP contribution in [0.1, 0.15) is 24.4 Å². The van der Waals surface area contributed by atoms with Crippen molar-refractivity contribution < 1.29 is 12.9 Å². The highest BCUT2D eigenvalue weighted by atomic mass is 32.2. The first-order valence-electron chi connectivity index (χ1n) is 8.67. The number of rotatable bonds is 5. The molecule has 1 N–H and O–H groups in total. The van der Waals surface area contributed by atoms with E-state index >= 15 is 0 Å². The minimum atomic E-state index is -3.70.